The Hall–Kier alpha value is -2.86. The first-order chi connectivity index (χ1) is 13.0. The third-order valence-corrected chi connectivity index (χ3v) is 6.19. The van der Waals surface area contributed by atoms with Crippen molar-refractivity contribution in [3.05, 3.63) is 72.3 Å². The van der Waals surface area contributed by atoms with Gasteiger partial charge in [0.1, 0.15) is 0 Å². The number of likely N-dealkylation sites (tertiary alicyclic amines) is 1. The first-order valence-corrected chi connectivity index (χ1v) is 10.4. The van der Waals surface area contributed by atoms with Crippen molar-refractivity contribution in [3.63, 3.8) is 0 Å². The molecule has 6 heteroatoms. The van der Waals surface area contributed by atoms with Gasteiger partial charge in [-0.3, -0.25) is 9.52 Å². The number of hydrogen-bond acceptors (Lipinski definition) is 3. The fourth-order valence-electron chi connectivity index (χ4n) is 3.39. The number of anilines is 1. The molecule has 0 spiro atoms. The van der Waals surface area contributed by atoms with Crippen LogP contribution in [0.5, 0.6) is 0 Å². The van der Waals surface area contributed by atoms with Gasteiger partial charge in [-0.25, -0.2) is 8.42 Å². The summed E-state index contributed by atoms with van der Waals surface area (Å²) < 4.78 is 28.4. The van der Waals surface area contributed by atoms with E-state index in [1.807, 2.05) is 24.3 Å². The molecule has 0 atom stereocenters. The molecule has 0 aromatic heterocycles. The lowest BCUT2D eigenvalue weighted by Crippen LogP contribution is -2.28. The molecule has 1 aliphatic heterocycles. The molecule has 138 valence electrons. The summed E-state index contributed by atoms with van der Waals surface area (Å²) in [6.07, 6.45) is 1.97. The largest absolute Gasteiger partial charge is 0.339 e. The third kappa shape index (κ3) is 3.53. The minimum atomic E-state index is -3.81. The number of benzene rings is 3. The monoisotopic (exact) mass is 380 g/mol. The van der Waals surface area contributed by atoms with Crippen molar-refractivity contribution in [2.24, 2.45) is 0 Å². The van der Waals surface area contributed by atoms with E-state index >= 15 is 0 Å². The quantitative estimate of drug-likeness (QED) is 0.747. The van der Waals surface area contributed by atoms with E-state index in [1.165, 1.54) is 0 Å². The Morgan fingerprint density at radius 1 is 0.852 bits per heavy atom. The second-order valence-electron chi connectivity index (χ2n) is 6.66. The number of para-hydroxylation sites is 1. The van der Waals surface area contributed by atoms with Crippen molar-refractivity contribution >= 4 is 32.4 Å². The molecule has 1 saturated heterocycles. The molecule has 0 radical (unpaired) electrons. The molecular formula is C21H20N2O3S. The third-order valence-electron chi connectivity index (χ3n) is 4.83. The van der Waals surface area contributed by atoms with Crippen LogP contribution in [0.2, 0.25) is 0 Å². The summed E-state index contributed by atoms with van der Waals surface area (Å²) in [5.41, 5.74) is 0.686. The summed E-state index contributed by atoms with van der Waals surface area (Å²) in [5.74, 6) is -0.135. The number of nitrogens with zero attached hydrogens (tertiary/aromatic N) is 1. The van der Waals surface area contributed by atoms with Gasteiger partial charge in [0.15, 0.2) is 0 Å². The molecule has 3 aromatic rings. The number of nitrogens with one attached hydrogen (secondary N) is 1. The Morgan fingerprint density at radius 3 is 2.30 bits per heavy atom. The number of fused-ring (bicyclic) bond motifs is 1. The molecule has 1 N–H and O–H groups in total. The van der Waals surface area contributed by atoms with Crippen molar-refractivity contribution < 1.29 is 13.2 Å². The van der Waals surface area contributed by atoms with Crippen LogP contribution in [0.1, 0.15) is 23.2 Å². The smallest absolute Gasteiger partial charge is 0.261 e. The fraction of sp³-hybridized carbons (Fsp3) is 0.190. The summed E-state index contributed by atoms with van der Waals surface area (Å²) in [7, 11) is -3.81. The second kappa shape index (κ2) is 7.04. The lowest BCUT2D eigenvalue weighted by atomic mass is 10.1. The molecule has 5 nitrogen and oxygen atoms in total. The van der Waals surface area contributed by atoms with Gasteiger partial charge in [0.2, 0.25) is 0 Å². The van der Waals surface area contributed by atoms with Gasteiger partial charge in [0.25, 0.3) is 15.9 Å². The molecule has 27 heavy (non-hydrogen) atoms. The van der Waals surface area contributed by atoms with Gasteiger partial charge in [-0.1, -0.05) is 42.5 Å². The summed E-state index contributed by atoms with van der Waals surface area (Å²) in [6, 6.07) is 19.4. The van der Waals surface area contributed by atoms with E-state index in [-0.39, 0.29) is 10.8 Å². The van der Waals surface area contributed by atoms with Gasteiger partial charge in [-0.05, 0) is 47.9 Å². The average Bonchev–Trinajstić information content (AvgIpc) is 3.22. The van der Waals surface area contributed by atoms with Crippen LogP contribution in [0.4, 0.5) is 5.69 Å². The predicted octanol–water partition coefficient (Wildman–Crippen LogP) is 3.88. The summed E-state index contributed by atoms with van der Waals surface area (Å²) in [5, 5.41) is 1.82. The van der Waals surface area contributed by atoms with Crippen LogP contribution < -0.4 is 4.72 Å². The van der Waals surface area contributed by atoms with Crippen molar-refractivity contribution in [1.29, 1.82) is 0 Å². The molecule has 0 aliphatic carbocycles. The van der Waals surface area contributed by atoms with E-state index in [0.717, 1.165) is 23.6 Å². The molecule has 3 aromatic carbocycles. The van der Waals surface area contributed by atoms with Crippen LogP contribution in [0, 0.1) is 0 Å². The maximum atomic E-state index is 12.9. The molecule has 1 aliphatic rings. The standard InChI is InChI=1S/C21H20N2O3S/c24-21(23-13-5-6-14-23)19-9-3-4-10-20(19)22-27(25,26)18-12-11-16-7-1-2-8-17(16)15-18/h1-4,7-12,15,22H,5-6,13-14H2. The average molecular weight is 380 g/mol. The molecule has 4 rings (SSSR count). The minimum Gasteiger partial charge on any atom is -0.339 e. The lowest BCUT2D eigenvalue weighted by molar-refractivity contribution is 0.0794. The van der Waals surface area contributed by atoms with Crippen molar-refractivity contribution in [2.75, 3.05) is 17.8 Å². The van der Waals surface area contributed by atoms with Gasteiger partial charge in [-0.2, -0.15) is 0 Å². The van der Waals surface area contributed by atoms with E-state index in [0.29, 0.717) is 24.3 Å². The molecule has 0 unspecified atom stereocenters. The normalized spacial score (nSPS) is 14.4. The van der Waals surface area contributed by atoms with Crippen LogP contribution >= 0.6 is 0 Å². The zero-order valence-corrected chi connectivity index (χ0v) is 15.6. The Balaban J connectivity index is 1.67. The highest BCUT2D eigenvalue weighted by Crippen LogP contribution is 2.25. The van der Waals surface area contributed by atoms with Gasteiger partial charge in [-0.15, -0.1) is 0 Å². The number of rotatable bonds is 4. The lowest BCUT2D eigenvalue weighted by Gasteiger charge is -2.18. The predicted molar refractivity (Wildman–Crippen MR) is 106 cm³/mol. The SMILES string of the molecule is O=C(c1ccccc1NS(=O)(=O)c1ccc2ccccc2c1)N1CCCC1. The van der Waals surface area contributed by atoms with Gasteiger partial charge < -0.3 is 4.90 Å². The first-order valence-electron chi connectivity index (χ1n) is 8.94. The van der Waals surface area contributed by atoms with Crippen LogP contribution in [0.15, 0.2) is 71.6 Å². The van der Waals surface area contributed by atoms with Gasteiger partial charge in [0.05, 0.1) is 16.1 Å². The molecule has 1 heterocycles. The molecule has 0 saturated carbocycles. The summed E-state index contributed by atoms with van der Waals surface area (Å²) in [4.78, 5) is 14.7. The van der Waals surface area contributed by atoms with E-state index in [1.54, 1.807) is 47.4 Å². The van der Waals surface area contributed by atoms with Crippen LogP contribution in [0.25, 0.3) is 10.8 Å². The number of carbonyl (C=O) groups excluding carboxylic acids is 1. The molecular weight excluding hydrogens is 360 g/mol. The van der Waals surface area contributed by atoms with Crippen LogP contribution in [-0.2, 0) is 10.0 Å². The van der Waals surface area contributed by atoms with Crippen LogP contribution in [-0.4, -0.2) is 32.3 Å². The van der Waals surface area contributed by atoms with Crippen molar-refractivity contribution in [2.45, 2.75) is 17.7 Å². The second-order valence-corrected chi connectivity index (χ2v) is 8.34. The van der Waals surface area contributed by atoms with Crippen LogP contribution in [0.3, 0.4) is 0 Å². The summed E-state index contributed by atoms with van der Waals surface area (Å²) in [6.45, 7) is 1.43. The maximum absolute atomic E-state index is 12.9. The topological polar surface area (TPSA) is 66.5 Å². The molecule has 0 bridgehead atoms. The van der Waals surface area contributed by atoms with E-state index in [9.17, 15) is 13.2 Å². The highest BCUT2D eigenvalue weighted by molar-refractivity contribution is 7.92. The zero-order chi connectivity index (χ0) is 18.9. The highest BCUT2D eigenvalue weighted by atomic mass is 32.2. The minimum absolute atomic E-state index is 0.135. The number of sulfonamides is 1. The summed E-state index contributed by atoms with van der Waals surface area (Å²) >= 11 is 0. The Bertz CT molecular complexity index is 1100. The molecule has 1 amide bonds. The van der Waals surface area contributed by atoms with E-state index in [2.05, 4.69) is 4.72 Å². The van der Waals surface area contributed by atoms with Gasteiger partial charge in [0, 0.05) is 13.1 Å². The molecule has 1 fully saturated rings. The zero-order valence-electron chi connectivity index (χ0n) is 14.8. The van der Waals surface area contributed by atoms with Gasteiger partial charge >= 0.3 is 0 Å². The Labute approximate surface area is 158 Å². The van der Waals surface area contributed by atoms with Crippen molar-refractivity contribution in [3.8, 4) is 0 Å². The maximum Gasteiger partial charge on any atom is 0.261 e. The number of amides is 1. The fourth-order valence-corrected chi connectivity index (χ4v) is 4.50. The number of carbonyl (C=O) groups is 1. The first kappa shape index (κ1) is 17.5. The van der Waals surface area contributed by atoms with Crippen molar-refractivity contribution in [1.82, 2.24) is 4.90 Å². The highest BCUT2D eigenvalue weighted by Gasteiger charge is 2.24. The Morgan fingerprint density at radius 2 is 1.52 bits per heavy atom. The number of hydrogen-bond donors (Lipinski definition) is 1. The van der Waals surface area contributed by atoms with E-state index < -0.39 is 10.0 Å². The van der Waals surface area contributed by atoms with E-state index in [4.69, 9.17) is 0 Å². The Kier molecular flexibility index (Phi) is 4.58.